The Hall–Kier alpha value is -2.44. The van der Waals surface area contributed by atoms with Crippen LogP contribution in [0.2, 0.25) is 0 Å². The number of allylic oxidation sites excluding steroid dienone is 1. The molecule has 0 aliphatic rings. The fraction of sp³-hybridized carbons (Fsp3) is 0.0625. The normalized spacial score (nSPS) is 12.6. The maximum Gasteiger partial charge on any atom is 0.238 e. The fourth-order valence-corrected chi connectivity index (χ4v) is 2.64. The number of hydrogen-bond donors (Lipinski definition) is 2. The third kappa shape index (κ3) is 3.41. The summed E-state index contributed by atoms with van der Waals surface area (Å²) in [7, 11) is -3.77. The average Bonchev–Trinajstić information content (AvgIpc) is 2.47. The van der Waals surface area contributed by atoms with Gasteiger partial charge in [0.05, 0.1) is 10.6 Å². The van der Waals surface area contributed by atoms with Gasteiger partial charge in [0.15, 0.2) is 5.78 Å². The van der Waals surface area contributed by atoms with Gasteiger partial charge in [0.1, 0.15) is 0 Å². The van der Waals surface area contributed by atoms with Gasteiger partial charge >= 0.3 is 0 Å². The Balaban J connectivity index is 2.56. The van der Waals surface area contributed by atoms with E-state index in [1.54, 1.807) is 12.1 Å². The molecule has 114 valence electrons. The number of sulfonamides is 1. The summed E-state index contributed by atoms with van der Waals surface area (Å²) >= 11 is 0. The zero-order chi connectivity index (χ0) is 16.3. The number of carbonyl (C=O) groups is 1. The summed E-state index contributed by atoms with van der Waals surface area (Å²) < 4.78 is 22.6. The van der Waals surface area contributed by atoms with E-state index in [-0.39, 0.29) is 10.7 Å². The second kappa shape index (κ2) is 6.13. The van der Waals surface area contributed by atoms with Crippen molar-refractivity contribution in [2.45, 2.75) is 11.8 Å². The summed E-state index contributed by atoms with van der Waals surface area (Å²) in [5.74, 6) is -0.204. The van der Waals surface area contributed by atoms with Crippen LogP contribution < -0.4 is 10.9 Å². The largest absolute Gasteiger partial charge is 0.398 e. The second-order valence-electron chi connectivity index (χ2n) is 4.78. The third-order valence-electron chi connectivity index (χ3n) is 3.18. The van der Waals surface area contributed by atoms with Crippen molar-refractivity contribution < 1.29 is 13.2 Å². The molecule has 0 unspecified atom stereocenters. The van der Waals surface area contributed by atoms with Gasteiger partial charge in [-0.25, -0.2) is 13.6 Å². The molecule has 0 radical (unpaired) electrons. The molecule has 2 rings (SSSR count). The minimum absolute atomic E-state index is 0.0163. The Morgan fingerprint density at radius 2 is 1.45 bits per heavy atom. The first-order valence-corrected chi connectivity index (χ1v) is 8.04. The van der Waals surface area contributed by atoms with E-state index in [1.807, 2.05) is 18.2 Å². The number of hydrogen-bond acceptors (Lipinski definition) is 4. The molecule has 0 bridgehead atoms. The highest BCUT2D eigenvalue weighted by Crippen LogP contribution is 2.24. The van der Waals surface area contributed by atoms with E-state index in [0.717, 1.165) is 5.56 Å². The SMILES string of the molecule is CC(=O)C(=C(N)c1ccccc1)c1ccc(S(N)(=O)=O)cc1. The van der Waals surface area contributed by atoms with Crippen molar-refractivity contribution in [3.05, 3.63) is 65.7 Å². The summed E-state index contributed by atoms with van der Waals surface area (Å²) in [5, 5.41) is 5.06. The van der Waals surface area contributed by atoms with Crippen LogP contribution in [0.1, 0.15) is 18.1 Å². The van der Waals surface area contributed by atoms with E-state index < -0.39 is 10.0 Å². The van der Waals surface area contributed by atoms with Gasteiger partial charge in [-0.1, -0.05) is 42.5 Å². The van der Waals surface area contributed by atoms with Gasteiger partial charge in [0.2, 0.25) is 10.0 Å². The topological polar surface area (TPSA) is 103 Å². The molecule has 0 heterocycles. The van der Waals surface area contributed by atoms with Crippen molar-refractivity contribution >= 4 is 27.1 Å². The van der Waals surface area contributed by atoms with E-state index in [4.69, 9.17) is 10.9 Å². The highest BCUT2D eigenvalue weighted by Gasteiger charge is 2.15. The summed E-state index contributed by atoms with van der Waals surface area (Å²) in [4.78, 5) is 11.9. The Morgan fingerprint density at radius 3 is 1.91 bits per heavy atom. The smallest absolute Gasteiger partial charge is 0.238 e. The first kappa shape index (κ1) is 15.9. The highest BCUT2D eigenvalue weighted by molar-refractivity contribution is 7.89. The van der Waals surface area contributed by atoms with E-state index in [0.29, 0.717) is 16.8 Å². The zero-order valence-electron chi connectivity index (χ0n) is 12.0. The monoisotopic (exact) mass is 316 g/mol. The molecule has 2 aromatic carbocycles. The van der Waals surface area contributed by atoms with Gasteiger partial charge < -0.3 is 5.73 Å². The molecular formula is C16H16N2O3S. The van der Waals surface area contributed by atoms with Crippen molar-refractivity contribution in [1.29, 1.82) is 0 Å². The molecule has 0 saturated heterocycles. The van der Waals surface area contributed by atoms with Crippen molar-refractivity contribution in [3.63, 3.8) is 0 Å². The maximum atomic E-state index is 12.0. The third-order valence-corrected chi connectivity index (χ3v) is 4.11. The highest BCUT2D eigenvalue weighted by atomic mass is 32.2. The lowest BCUT2D eigenvalue weighted by Gasteiger charge is -2.10. The van der Waals surface area contributed by atoms with Crippen molar-refractivity contribution in [3.8, 4) is 0 Å². The summed E-state index contributed by atoms with van der Waals surface area (Å²) in [6.45, 7) is 1.42. The number of benzene rings is 2. The molecular weight excluding hydrogens is 300 g/mol. The van der Waals surface area contributed by atoms with Crippen LogP contribution in [0.5, 0.6) is 0 Å². The van der Waals surface area contributed by atoms with Gasteiger partial charge in [0, 0.05) is 5.57 Å². The molecule has 0 aliphatic heterocycles. The molecule has 0 atom stereocenters. The number of primary sulfonamides is 1. The average molecular weight is 316 g/mol. The van der Waals surface area contributed by atoms with Gasteiger partial charge in [-0.05, 0) is 30.2 Å². The number of Topliss-reactive ketones (excluding diaryl/α,β-unsaturated/α-hetero) is 1. The van der Waals surface area contributed by atoms with Crippen LogP contribution >= 0.6 is 0 Å². The number of nitrogens with two attached hydrogens (primary N) is 2. The van der Waals surface area contributed by atoms with Crippen molar-refractivity contribution in [1.82, 2.24) is 0 Å². The lowest BCUT2D eigenvalue weighted by Crippen LogP contribution is -2.12. The Kier molecular flexibility index (Phi) is 4.44. The number of rotatable bonds is 4. The van der Waals surface area contributed by atoms with E-state index >= 15 is 0 Å². The predicted molar refractivity (Wildman–Crippen MR) is 85.9 cm³/mol. The van der Waals surface area contributed by atoms with E-state index in [9.17, 15) is 13.2 Å². The standard InChI is InChI=1S/C16H16N2O3S/c1-11(19)15(16(17)13-5-3-2-4-6-13)12-7-9-14(10-8-12)22(18,20)21/h2-10H,17H2,1H3,(H2,18,20,21). The molecule has 22 heavy (non-hydrogen) atoms. The molecule has 0 aliphatic carbocycles. The van der Waals surface area contributed by atoms with Gasteiger partial charge in [-0.15, -0.1) is 0 Å². The van der Waals surface area contributed by atoms with Crippen LogP contribution in [0.15, 0.2) is 59.5 Å². The summed E-state index contributed by atoms with van der Waals surface area (Å²) in [5.41, 5.74) is 8.06. The van der Waals surface area contributed by atoms with Crippen LogP contribution in [0, 0.1) is 0 Å². The lowest BCUT2D eigenvalue weighted by atomic mass is 9.97. The Bertz CT molecular complexity index is 823. The first-order chi connectivity index (χ1) is 10.3. The molecule has 0 fully saturated rings. The second-order valence-corrected chi connectivity index (χ2v) is 6.34. The first-order valence-electron chi connectivity index (χ1n) is 6.50. The molecule has 6 heteroatoms. The molecule has 2 aromatic rings. The Morgan fingerprint density at radius 1 is 0.909 bits per heavy atom. The number of carbonyl (C=O) groups excluding carboxylic acids is 1. The number of ketones is 1. The summed E-state index contributed by atoms with van der Waals surface area (Å²) in [6.07, 6.45) is 0. The van der Waals surface area contributed by atoms with Crippen molar-refractivity contribution in [2.75, 3.05) is 0 Å². The van der Waals surface area contributed by atoms with Crippen LogP contribution in [0.3, 0.4) is 0 Å². The summed E-state index contributed by atoms with van der Waals surface area (Å²) in [6, 6.07) is 14.9. The van der Waals surface area contributed by atoms with E-state index in [2.05, 4.69) is 0 Å². The van der Waals surface area contributed by atoms with Gasteiger partial charge in [0.25, 0.3) is 0 Å². The molecule has 0 amide bonds. The zero-order valence-corrected chi connectivity index (χ0v) is 12.8. The molecule has 0 spiro atoms. The molecule has 4 N–H and O–H groups in total. The van der Waals surface area contributed by atoms with Gasteiger partial charge in [-0.2, -0.15) is 0 Å². The Labute approximate surface area is 129 Å². The van der Waals surface area contributed by atoms with Gasteiger partial charge in [-0.3, -0.25) is 4.79 Å². The molecule has 0 saturated carbocycles. The fourth-order valence-electron chi connectivity index (χ4n) is 2.12. The van der Waals surface area contributed by atoms with Crippen molar-refractivity contribution in [2.24, 2.45) is 10.9 Å². The van der Waals surface area contributed by atoms with Crippen LogP contribution in [-0.4, -0.2) is 14.2 Å². The van der Waals surface area contributed by atoms with E-state index in [1.165, 1.54) is 31.2 Å². The van der Waals surface area contributed by atoms with Crippen LogP contribution in [0.25, 0.3) is 11.3 Å². The minimum Gasteiger partial charge on any atom is -0.398 e. The molecule has 5 nitrogen and oxygen atoms in total. The van der Waals surface area contributed by atoms with Crippen LogP contribution in [0.4, 0.5) is 0 Å². The predicted octanol–water partition coefficient (Wildman–Crippen LogP) is 1.75. The minimum atomic E-state index is -3.77. The maximum absolute atomic E-state index is 12.0. The van der Waals surface area contributed by atoms with Crippen LogP contribution in [-0.2, 0) is 14.8 Å². The lowest BCUT2D eigenvalue weighted by molar-refractivity contribution is -0.111. The molecule has 0 aromatic heterocycles. The quantitative estimate of drug-likeness (QED) is 0.662.